The Kier molecular flexibility index (Phi) is 4.55. The van der Waals surface area contributed by atoms with Crippen molar-refractivity contribution in [3.05, 3.63) is 53.4 Å². The first-order chi connectivity index (χ1) is 12.9. The van der Waals surface area contributed by atoms with Gasteiger partial charge in [0.1, 0.15) is 0 Å². The van der Waals surface area contributed by atoms with Crippen LogP contribution in [0.3, 0.4) is 0 Å². The fourth-order valence-corrected chi connectivity index (χ4v) is 5.42. The molecule has 5 rings (SSSR count). The molecule has 0 saturated carbocycles. The number of nitrogens with one attached hydrogen (secondary N) is 1. The van der Waals surface area contributed by atoms with Gasteiger partial charge < -0.3 is 9.84 Å². The van der Waals surface area contributed by atoms with Crippen LogP contribution in [0, 0.1) is 0 Å². The van der Waals surface area contributed by atoms with E-state index in [2.05, 4.69) is 51.8 Å². The number of rotatable bonds is 4. The molecule has 26 heavy (non-hydrogen) atoms. The van der Waals surface area contributed by atoms with E-state index in [4.69, 9.17) is 4.52 Å². The van der Waals surface area contributed by atoms with Crippen molar-refractivity contribution in [2.75, 3.05) is 13.1 Å². The number of nitrogens with zero attached hydrogens (tertiary/aromatic N) is 2. The molecule has 4 nitrogen and oxygen atoms in total. The van der Waals surface area contributed by atoms with E-state index < -0.39 is 0 Å². The average molecular weight is 351 g/mol. The Morgan fingerprint density at radius 1 is 0.962 bits per heavy atom. The lowest BCUT2D eigenvalue weighted by Gasteiger charge is -2.38. The van der Waals surface area contributed by atoms with Crippen LogP contribution in [0.25, 0.3) is 0 Å². The van der Waals surface area contributed by atoms with Crippen LogP contribution in [0.15, 0.2) is 40.9 Å². The summed E-state index contributed by atoms with van der Waals surface area (Å²) in [7, 11) is 0. The molecule has 0 spiro atoms. The maximum atomic E-state index is 5.74. The van der Waals surface area contributed by atoms with Gasteiger partial charge >= 0.3 is 0 Å². The molecule has 1 N–H and O–H groups in total. The minimum Gasteiger partial charge on any atom is -0.360 e. The Morgan fingerprint density at radius 3 is 2.42 bits per heavy atom. The molecule has 2 bridgehead atoms. The first-order valence-electron chi connectivity index (χ1n) is 10.3. The predicted molar refractivity (Wildman–Crippen MR) is 102 cm³/mol. The summed E-state index contributed by atoms with van der Waals surface area (Å²) in [6, 6.07) is 14.7. The maximum absolute atomic E-state index is 5.74. The second-order valence-corrected chi connectivity index (χ2v) is 8.38. The molecule has 138 valence electrons. The highest BCUT2D eigenvalue weighted by Crippen LogP contribution is 2.43. The zero-order chi connectivity index (χ0) is 17.3. The molecule has 3 aliphatic heterocycles. The summed E-state index contributed by atoms with van der Waals surface area (Å²) in [6.45, 7) is 3.14. The lowest BCUT2D eigenvalue weighted by atomic mass is 9.85. The lowest BCUT2D eigenvalue weighted by Crippen LogP contribution is -2.41. The molecular weight excluding hydrogens is 322 g/mol. The fraction of sp³-hybridized carbons (Fsp3) is 0.591. The van der Waals surface area contributed by atoms with Gasteiger partial charge in [0.2, 0.25) is 0 Å². The Balaban J connectivity index is 1.25. The molecule has 1 unspecified atom stereocenters. The zero-order valence-corrected chi connectivity index (χ0v) is 15.4. The largest absolute Gasteiger partial charge is 0.360 e. The van der Waals surface area contributed by atoms with Crippen molar-refractivity contribution in [2.45, 2.75) is 69.0 Å². The zero-order valence-electron chi connectivity index (χ0n) is 15.4. The molecule has 3 aliphatic rings. The van der Waals surface area contributed by atoms with Crippen LogP contribution < -0.4 is 5.32 Å². The van der Waals surface area contributed by atoms with E-state index in [1.165, 1.54) is 49.8 Å². The highest BCUT2D eigenvalue weighted by atomic mass is 16.5. The molecule has 3 saturated heterocycles. The van der Waals surface area contributed by atoms with E-state index in [9.17, 15) is 0 Å². The van der Waals surface area contributed by atoms with Gasteiger partial charge in [0, 0.05) is 24.1 Å². The first-order valence-corrected chi connectivity index (χ1v) is 10.3. The Morgan fingerprint density at radius 2 is 1.69 bits per heavy atom. The van der Waals surface area contributed by atoms with Crippen molar-refractivity contribution in [1.82, 2.24) is 15.4 Å². The van der Waals surface area contributed by atoms with Crippen molar-refractivity contribution in [3.8, 4) is 0 Å². The molecule has 0 radical (unpaired) electrons. The Labute approximate surface area is 155 Å². The summed E-state index contributed by atoms with van der Waals surface area (Å²) in [4.78, 5) is 2.70. The molecular formula is C22H29N3O. The number of piperidine rings is 2. The van der Waals surface area contributed by atoms with Gasteiger partial charge in [-0.1, -0.05) is 35.5 Å². The molecule has 0 amide bonds. The molecule has 1 aromatic carbocycles. The molecule has 3 fully saturated rings. The fourth-order valence-electron chi connectivity index (χ4n) is 5.42. The lowest BCUT2D eigenvalue weighted by molar-refractivity contribution is 0.106. The van der Waals surface area contributed by atoms with Crippen LogP contribution >= 0.6 is 0 Å². The van der Waals surface area contributed by atoms with Gasteiger partial charge in [-0.05, 0) is 63.1 Å². The van der Waals surface area contributed by atoms with Crippen LogP contribution in [0.1, 0.15) is 67.4 Å². The summed E-state index contributed by atoms with van der Waals surface area (Å²) < 4.78 is 5.74. The molecule has 4 heterocycles. The number of hydrogen-bond acceptors (Lipinski definition) is 4. The average Bonchev–Trinajstić information content (AvgIpc) is 3.25. The van der Waals surface area contributed by atoms with Crippen molar-refractivity contribution >= 4 is 0 Å². The van der Waals surface area contributed by atoms with E-state index in [-0.39, 0.29) is 0 Å². The minimum atomic E-state index is 0.578. The molecule has 2 aromatic rings. The summed E-state index contributed by atoms with van der Waals surface area (Å²) in [5, 5.41) is 7.84. The number of fused-ring (bicyclic) bond motifs is 2. The van der Waals surface area contributed by atoms with Gasteiger partial charge in [0.05, 0.1) is 12.2 Å². The second kappa shape index (κ2) is 7.16. The number of hydrogen-bond donors (Lipinski definition) is 1. The third-order valence-electron chi connectivity index (χ3n) is 6.83. The summed E-state index contributed by atoms with van der Waals surface area (Å²) in [5.41, 5.74) is 2.70. The summed E-state index contributed by atoms with van der Waals surface area (Å²) >= 11 is 0. The van der Waals surface area contributed by atoms with Crippen LogP contribution in [0.5, 0.6) is 0 Å². The maximum Gasteiger partial charge on any atom is 0.151 e. The van der Waals surface area contributed by atoms with Crippen LogP contribution in [0.4, 0.5) is 0 Å². The van der Waals surface area contributed by atoms with Gasteiger partial charge in [0.15, 0.2) is 5.76 Å². The van der Waals surface area contributed by atoms with Gasteiger partial charge in [-0.25, -0.2) is 0 Å². The van der Waals surface area contributed by atoms with Gasteiger partial charge in [-0.3, -0.25) is 4.90 Å². The Bertz CT molecular complexity index is 708. The van der Waals surface area contributed by atoms with Gasteiger partial charge in [-0.15, -0.1) is 0 Å². The quantitative estimate of drug-likeness (QED) is 0.902. The summed E-state index contributed by atoms with van der Waals surface area (Å²) in [6.07, 6.45) is 7.61. The Hall–Kier alpha value is -1.65. The number of aromatic nitrogens is 1. The van der Waals surface area contributed by atoms with E-state index in [1.54, 1.807) is 0 Å². The van der Waals surface area contributed by atoms with Crippen molar-refractivity contribution in [1.29, 1.82) is 0 Å². The smallest absolute Gasteiger partial charge is 0.151 e. The normalized spacial score (nSPS) is 29.9. The minimum absolute atomic E-state index is 0.578. The topological polar surface area (TPSA) is 41.3 Å². The highest BCUT2D eigenvalue weighted by molar-refractivity contribution is 5.22. The van der Waals surface area contributed by atoms with Crippen LogP contribution in [-0.2, 0) is 6.54 Å². The second-order valence-electron chi connectivity index (χ2n) is 8.38. The monoisotopic (exact) mass is 351 g/mol. The molecule has 0 aliphatic carbocycles. The third kappa shape index (κ3) is 3.21. The van der Waals surface area contributed by atoms with Gasteiger partial charge in [-0.2, -0.15) is 0 Å². The summed E-state index contributed by atoms with van der Waals surface area (Å²) in [5.74, 6) is 2.37. The standard InChI is InChI=1S/C22H29N3O/c1-2-4-16(5-3-1)18-12-19-6-7-20(13-18)25(19)15-21-14-22(24-26-21)17-8-10-23-11-9-17/h1-5,14,17-20,23H,6-13,15H2/t18?,19-,20+. The predicted octanol–water partition coefficient (Wildman–Crippen LogP) is 4.05. The van der Waals surface area contributed by atoms with E-state index >= 15 is 0 Å². The van der Waals surface area contributed by atoms with E-state index in [0.29, 0.717) is 18.0 Å². The van der Waals surface area contributed by atoms with Crippen molar-refractivity contribution in [2.24, 2.45) is 0 Å². The third-order valence-corrected chi connectivity index (χ3v) is 6.83. The van der Waals surface area contributed by atoms with Crippen LogP contribution in [0.2, 0.25) is 0 Å². The number of benzene rings is 1. The molecule has 1 aromatic heterocycles. The van der Waals surface area contributed by atoms with Crippen molar-refractivity contribution < 1.29 is 4.52 Å². The highest BCUT2D eigenvalue weighted by Gasteiger charge is 2.41. The van der Waals surface area contributed by atoms with E-state index in [1.807, 2.05) is 0 Å². The molecule has 4 heteroatoms. The molecule has 3 atom stereocenters. The van der Waals surface area contributed by atoms with Gasteiger partial charge in [0.25, 0.3) is 0 Å². The van der Waals surface area contributed by atoms with Crippen LogP contribution in [-0.4, -0.2) is 35.2 Å². The first kappa shape index (κ1) is 16.5. The SMILES string of the molecule is c1ccc(C2C[C@H]3CC[C@@H](C2)N3Cc2cc(C3CCNCC3)no2)cc1. The van der Waals surface area contributed by atoms with E-state index in [0.717, 1.165) is 31.3 Å². The van der Waals surface area contributed by atoms with Crippen molar-refractivity contribution in [3.63, 3.8) is 0 Å².